The number of hydrogen-bond acceptors (Lipinski definition) is 3. The number of anilines is 3. The normalized spacial score (nSPS) is 11.5. The summed E-state index contributed by atoms with van der Waals surface area (Å²) in [5.41, 5.74) is 19.3. The van der Waals surface area contributed by atoms with Crippen LogP contribution in [-0.4, -0.2) is 0 Å². The highest BCUT2D eigenvalue weighted by atomic mass is 32.1. The summed E-state index contributed by atoms with van der Waals surface area (Å²) >= 11 is 1.88. The third-order valence-corrected chi connectivity index (χ3v) is 14.7. The highest BCUT2D eigenvalue weighted by molar-refractivity contribution is 7.26. The summed E-state index contributed by atoms with van der Waals surface area (Å²) < 4.78 is 9.13. The van der Waals surface area contributed by atoms with Crippen LogP contribution < -0.4 is 4.90 Å². The van der Waals surface area contributed by atoms with E-state index in [1.165, 1.54) is 75.8 Å². The maximum absolute atomic E-state index is 6.62. The molecule has 3 heteroatoms. The molecule has 13 aromatic rings. The van der Waals surface area contributed by atoms with Crippen molar-refractivity contribution in [1.29, 1.82) is 0 Å². The Morgan fingerprint density at radius 2 is 0.768 bits per heavy atom. The van der Waals surface area contributed by atoms with Crippen molar-refractivity contribution in [1.82, 2.24) is 0 Å². The fourth-order valence-electron chi connectivity index (χ4n) is 10.2. The minimum absolute atomic E-state index is 0.862. The summed E-state index contributed by atoms with van der Waals surface area (Å²) in [5.74, 6) is 0. The lowest BCUT2D eigenvalue weighted by Crippen LogP contribution is -2.10. The molecule has 0 atom stereocenters. The molecule has 0 unspecified atom stereocenters. The van der Waals surface area contributed by atoms with Gasteiger partial charge in [0, 0.05) is 42.3 Å². The zero-order chi connectivity index (χ0) is 45.7. The monoisotopic (exact) mass is 897 g/mol. The van der Waals surface area contributed by atoms with Gasteiger partial charge in [-0.15, -0.1) is 11.3 Å². The van der Waals surface area contributed by atoms with Crippen LogP contribution in [0.2, 0.25) is 0 Å². The summed E-state index contributed by atoms with van der Waals surface area (Å²) in [5, 5.41) is 4.63. The van der Waals surface area contributed by atoms with Gasteiger partial charge < -0.3 is 9.32 Å². The highest BCUT2D eigenvalue weighted by Gasteiger charge is 2.23. The van der Waals surface area contributed by atoms with E-state index in [2.05, 4.69) is 266 Å². The number of thiophene rings is 1. The average molecular weight is 898 g/mol. The van der Waals surface area contributed by atoms with E-state index in [0.29, 0.717) is 0 Å². The molecule has 0 amide bonds. The summed E-state index contributed by atoms with van der Waals surface area (Å²) in [6.07, 6.45) is 0. The van der Waals surface area contributed by atoms with Crippen LogP contribution in [0, 0.1) is 0 Å². The first-order valence-corrected chi connectivity index (χ1v) is 24.3. The lowest BCUT2D eigenvalue weighted by atomic mass is 9.89. The van der Waals surface area contributed by atoms with Gasteiger partial charge in [-0.3, -0.25) is 0 Å². The maximum Gasteiger partial charge on any atom is 0.136 e. The maximum atomic E-state index is 6.62. The SMILES string of the molecule is c1ccc(-c2ccc3c(c2)oc2ccc(N(c4ccc(-c5ccccc5-c5ccccc5-c5ccccc5)cc4)c4ccc(-c5ccccc5)c5sc6cc(-c7ccccc7)ccc6c45)cc23)cc1. The third-order valence-electron chi connectivity index (χ3n) is 13.5. The van der Waals surface area contributed by atoms with E-state index in [4.69, 9.17) is 4.42 Å². The van der Waals surface area contributed by atoms with Gasteiger partial charge in [-0.05, 0) is 121 Å². The fourth-order valence-corrected chi connectivity index (χ4v) is 11.5. The average Bonchev–Trinajstić information content (AvgIpc) is 4.00. The van der Waals surface area contributed by atoms with Gasteiger partial charge in [0.05, 0.1) is 5.69 Å². The lowest BCUT2D eigenvalue weighted by Gasteiger charge is -2.27. The van der Waals surface area contributed by atoms with E-state index in [-0.39, 0.29) is 0 Å². The van der Waals surface area contributed by atoms with E-state index in [9.17, 15) is 0 Å². The van der Waals surface area contributed by atoms with Crippen molar-refractivity contribution in [3.05, 3.63) is 261 Å². The molecule has 11 aromatic carbocycles. The van der Waals surface area contributed by atoms with E-state index < -0.39 is 0 Å². The first-order valence-electron chi connectivity index (χ1n) is 23.5. The molecule has 0 aliphatic heterocycles. The Bertz CT molecular complexity index is 3990. The molecular weight excluding hydrogens is 855 g/mol. The van der Waals surface area contributed by atoms with Crippen molar-refractivity contribution < 1.29 is 4.42 Å². The number of benzene rings is 11. The van der Waals surface area contributed by atoms with Crippen LogP contribution in [0.1, 0.15) is 0 Å². The van der Waals surface area contributed by atoms with Crippen LogP contribution in [0.5, 0.6) is 0 Å². The molecule has 0 saturated heterocycles. The van der Waals surface area contributed by atoms with E-state index in [1.54, 1.807) is 0 Å². The predicted molar refractivity (Wildman–Crippen MR) is 294 cm³/mol. The van der Waals surface area contributed by atoms with Gasteiger partial charge in [0.2, 0.25) is 0 Å². The Hall–Kier alpha value is -8.76. The molecule has 0 saturated carbocycles. The molecule has 0 fully saturated rings. The lowest BCUT2D eigenvalue weighted by molar-refractivity contribution is 0.669. The first-order chi connectivity index (χ1) is 34.2. The minimum atomic E-state index is 0.862. The zero-order valence-electron chi connectivity index (χ0n) is 37.6. The molecule has 13 rings (SSSR count). The Morgan fingerprint density at radius 3 is 1.38 bits per heavy atom. The highest BCUT2D eigenvalue weighted by Crippen LogP contribution is 2.50. The predicted octanol–water partition coefficient (Wildman–Crippen LogP) is 19.4. The molecule has 69 heavy (non-hydrogen) atoms. The van der Waals surface area contributed by atoms with Crippen molar-refractivity contribution in [2.75, 3.05) is 4.90 Å². The van der Waals surface area contributed by atoms with Crippen molar-refractivity contribution in [2.24, 2.45) is 0 Å². The van der Waals surface area contributed by atoms with E-state index in [1.807, 2.05) is 11.3 Å². The van der Waals surface area contributed by atoms with Gasteiger partial charge in [0.1, 0.15) is 11.2 Å². The third kappa shape index (κ3) is 7.28. The van der Waals surface area contributed by atoms with Crippen LogP contribution in [0.4, 0.5) is 17.1 Å². The minimum Gasteiger partial charge on any atom is -0.456 e. The van der Waals surface area contributed by atoms with Gasteiger partial charge >= 0.3 is 0 Å². The van der Waals surface area contributed by atoms with Crippen LogP contribution in [-0.2, 0) is 0 Å². The van der Waals surface area contributed by atoms with Crippen LogP contribution >= 0.6 is 11.3 Å². The Kier molecular flexibility index (Phi) is 10.1. The number of rotatable bonds is 9. The summed E-state index contributed by atoms with van der Waals surface area (Å²) in [7, 11) is 0. The summed E-state index contributed by atoms with van der Waals surface area (Å²) in [6.45, 7) is 0. The van der Waals surface area contributed by atoms with Gasteiger partial charge in [-0.2, -0.15) is 0 Å². The molecule has 0 aliphatic rings. The van der Waals surface area contributed by atoms with Crippen molar-refractivity contribution in [3.8, 4) is 66.8 Å². The Labute approximate surface area is 405 Å². The largest absolute Gasteiger partial charge is 0.456 e. The molecule has 0 bridgehead atoms. The fraction of sp³-hybridized carbons (Fsp3) is 0. The summed E-state index contributed by atoms with van der Waals surface area (Å²) in [6, 6.07) is 94.3. The smallest absolute Gasteiger partial charge is 0.136 e. The molecule has 324 valence electrons. The first kappa shape index (κ1) is 40.5. The molecule has 0 radical (unpaired) electrons. The molecule has 0 spiro atoms. The van der Waals surface area contributed by atoms with Crippen molar-refractivity contribution >= 4 is 70.5 Å². The van der Waals surface area contributed by atoms with Crippen LogP contribution in [0.3, 0.4) is 0 Å². The molecule has 0 N–H and O–H groups in total. The number of furan rings is 1. The van der Waals surface area contributed by atoms with Gasteiger partial charge in [0.15, 0.2) is 0 Å². The van der Waals surface area contributed by atoms with Gasteiger partial charge in [-0.1, -0.05) is 206 Å². The second-order valence-electron chi connectivity index (χ2n) is 17.6. The topological polar surface area (TPSA) is 16.4 Å². The van der Waals surface area contributed by atoms with Gasteiger partial charge in [0.25, 0.3) is 0 Å². The van der Waals surface area contributed by atoms with Gasteiger partial charge in [-0.25, -0.2) is 0 Å². The summed E-state index contributed by atoms with van der Waals surface area (Å²) in [4.78, 5) is 2.45. The molecular formula is C66H43NOS. The standard InChI is InChI=1S/C66H43NOS/c1-5-17-44(18-6-1)49-31-36-58-60-43-52(35-40-62(60)68-63(58)41-49)67(51-33-29-48(30-34-51)54-26-14-16-28-57(54)56-27-15-13-25-53(56)46-21-9-3-10-22-46)61-39-38-55(47-23-11-4-12-24-47)66-65(61)59-37-32-50(42-64(59)69-66)45-19-7-2-8-20-45/h1-43H. The number of nitrogens with zero attached hydrogens (tertiary/aromatic N) is 1. The van der Waals surface area contributed by atoms with E-state index in [0.717, 1.165) is 50.1 Å². The van der Waals surface area contributed by atoms with Crippen molar-refractivity contribution in [2.45, 2.75) is 0 Å². The second-order valence-corrected chi connectivity index (χ2v) is 18.6. The number of hydrogen-bond donors (Lipinski definition) is 0. The van der Waals surface area contributed by atoms with Crippen molar-refractivity contribution in [3.63, 3.8) is 0 Å². The molecule has 2 nitrogen and oxygen atoms in total. The second kappa shape index (κ2) is 17.2. The zero-order valence-corrected chi connectivity index (χ0v) is 38.4. The Balaban J connectivity index is 1.01. The quantitative estimate of drug-likeness (QED) is 0.144. The molecule has 0 aliphatic carbocycles. The van der Waals surface area contributed by atoms with E-state index >= 15 is 0 Å². The number of fused-ring (bicyclic) bond motifs is 6. The van der Waals surface area contributed by atoms with Crippen LogP contribution in [0.25, 0.3) is 109 Å². The molecule has 2 heterocycles. The Morgan fingerprint density at radius 1 is 0.290 bits per heavy atom. The van der Waals surface area contributed by atoms with Crippen LogP contribution in [0.15, 0.2) is 265 Å². The molecule has 2 aromatic heterocycles.